The van der Waals surface area contributed by atoms with E-state index in [9.17, 15) is 14.4 Å². The molecule has 4 aliphatic carbocycles. The van der Waals surface area contributed by atoms with Crippen LogP contribution in [0.1, 0.15) is 92.4 Å². The standard InChI is InChI=1S/C25H38O5/c1-15(26)25(30-17(3)28)13-12-23(4)18(14-25)6-7-19-20-8-9-22(29-16(2)27)24(20,5)11-10-21(19)23/h18-22H,6-14H2,1-5H3/t18-,19-,20+,21-,22-,23-,24-,25-/m0/s1. The number of carbonyl (C=O) groups is 3. The van der Waals surface area contributed by atoms with E-state index in [1.54, 1.807) is 6.92 Å². The van der Waals surface area contributed by atoms with Gasteiger partial charge in [0.15, 0.2) is 11.4 Å². The van der Waals surface area contributed by atoms with E-state index in [0.29, 0.717) is 36.5 Å². The summed E-state index contributed by atoms with van der Waals surface area (Å²) < 4.78 is 11.4. The Hall–Kier alpha value is -1.39. The number of hydrogen-bond acceptors (Lipinski definition) is 5. The van der Waals surface area contributed by atoms with Crippen molar-refractivity contribution in [2.45, 2.75) is 104 Å². The minimum absolute atomic E-state index is 0.00175. The molecule has 0 N–H and O–H groups in total. The molecule has 0 aromatic heterocycles. The molecule has 5 heteroatoms. The minimum Gasteiger partial charge on any atom is -0.462 e. The number of hydrogen-bond donors (Lipinski definition) is 0. The third-order valence-electron chi connectivity index (χ3n) is 9.91. The molecule has 4 fully saturated rings. The molecule has 5 nitrogen and oxygen atoms in total. The van der Waals surface area contributed by atoms with E-state index >= 15 is 0 Å². The predicted molar refractivity (Wildman–Crippen MR) is 112 cm³/mol. The van der Waals surface area contributed by atoms with Gasteiger partial charge in [0, 0.05) is 19.3 Å². The molecular formula is C25H38O5. The van der Waals surface area contributed by atoms with Gasteiger partial charge in [-0.25, -0.2) is 0 Å². The van der Waals surface area contributed by atoms with Crippen LogP contribution in [0.3, 0.4) is 0 Å². The quantitative estimate of drug-likeness (QED) is 0.613. The Bertz CT molecular complexity index is 746. The lowest BCUT2D eigenvalue weighted by atomic mass is 9.44. The molecule has 0 radical (unpaired) electrons. The molecule has 0 aromatic carbocycles. The molecule has 8 atom stereocenters. The maximum Gasteiger partial charge on any atom is 0.303 e. The van der Waals surface area contributed by atoms with Crippen molar-refractivity contribution in [1.82, 2.24) is 0 Å². The van der Waals surface area contributed by atoms with Crippen molar-refractivity contribution in [3.63, 3.8) is 0 Å². The summed E-state index contributed by atoms with van der Waals surface area (Å²) in [6, 6.07) is 0. The molecule has 0 spiro atoms. The van der Waals surface area contributed by atoms with Crippen LogP contribution < -0.4 is 0 Å². The topological polar surface area (TPSA) is 69.7 Å². The van der Waals surface area contributed by atoms with Gasteiger partial charge in [0.2, 0.25) is 0 Å². The fraction of sp³-hybridized carbons (Fsp3) is 0.880. The molecule has 0 aliphatic heterocycles. The van der Waals surface area contributed by atoms with Gasteiger partial charge in [-0.2, -0.15) is 0 Å². The van der Waals surface area contributed by atoms with Crippen LogP contribution >= 0.6 is 0 Å². The van der Waals surface area contributed by atoms with Crippen molar-refractivity contribution >= 4 is 17.7 Å². The summed E-state index contributed by atoms with van der Waals surface area (Å²) in [5, 5.41) is 0. The minimum atomic E-state index is -0.917. The normalized spacial score (nSPS) is 47.4. The van der Waals surface area contributed by atoms with Gasteiger partial charge < -0.3 is 9.47 Å². The molecule has 0 aromatic rings. The van der Waals surface area contributed by atoms with Crippen LogP contribution in [-0.4, -0.2) is 29.4 Å². The van der Waals surface area contributed by atoms with Gasteiger partial charge in [0.25, 0.3) is 0 Å². The lowest BCUT2D eigenvalue weighted by Gasteiger charge is -2.61. The summed E-state index contributed by atoms with van der Waals surface area (Å²) >= 11 is 0. The fourth-order valence-corrected chi connectivity index (χ4v) is 8.34. The summed E-state index contributed by atoms with van der Waals surface area (Å²) in [6.45, 7) is 9.31. The van der Waals surface area contributed by atoms with Crippen molar-refractivity contribution < 1.29 is 23.9 Å². The Morgan fingerprint density at radius 3 is 2.10 bits per heavy atom. The van der Waals surface area contributed by atoms with Crippen molar-refractivity contribution in [1.29, 1.82) is 0 Å². The zero-order chi connectivity index (χ0) is 21.9. The Labute approximate surface area is 180 Å². The van der Waals surface area contributed by atoms with Gasteiger partial charge >= 0.3 is 11.9 Å². The number of rotatable bonds is 3. The van der Waals surface area contributed by atoms with Gasteiger partial charge in [-0.15, -0.1) is 0 Å². The van der Waals surface area contributed by atoms with Crippen molar-refractivity contribution in [3.8, 4) is 0 Å². The fourth-order valence-electron chi connectivity index (χ4n) is 8.34. The van der Waals surface area contributed by atoms with E-state index in [4.69, 9.17) is 9.47 Å². The Balaban J connectivity index is 1.56. The van der Waals surface area contributed by atoms with E-state index in [1.807, 2.05) is 0 Å². The average molecular weight is 419 g/mol. The lowest BCUT2D eigenvalue weighted by Crippen LogP contribution is -2.58. The molecule has 4 rings (SSSR count). The van der Waals surface area contributed by atoms with Crippen molar-refractivity contribution in [2.24, 2.45) is 34.5 Å². The van der Waals surface area contributed by atoms with Crippen LogP contribution in [-0.2, 0) is 23.9 Å². The number of Topliss-reactive ketones (excluding diaryl/α,β-unsaturated/α-hetero) is 1. The number of ether oxygens (including phenoxy) is 2. The molecule has 4 saturated carbocycles. The summed E-state index contributed by atoms with van der Waals surface area (Å²) in [7, 11) is 0. The molecule has 0 saturated heterocycles. The summed E-state index contributed by atoms with van der Waals surface area (Å²) in [4.78, 5) is 35.9. The van der Waals surface area contributed by atoms with E-state index in [-0.39, 0.29) is 34.7 Å². The molecular weight excluding hydrogens is 380 g/mol. The second-order valence-corrected chi connectivity index (χ2v) is 11.2. The Kier molecular flexibility index (Phi) is 5.34. The third-order valence-corrected chi connectivity index (χ3v) is 9.91. The Morgan fingerprint density at radius 1 is 0.767 bits per heavy atom. The molecule has 30 heavy (non-hydrogen) atoms. The largest absolute Gasteiger partial charge is 0.462 e. The summed E-state index contributed by atoms with van der Waals surface area (Å²) in [5.74, 6) is 1.85. The van der Waals surface area contributed by atoms with Crippen LogP contribution in [0.25, 0.3) is 0 Å². The summed E-state index contributed by atoms with van der Waals surface area (Å²) in [6.07, 6.45) is 9.03. The number of ketones is 1. The first kappa shape index (κ1) is 21.8. The van der Waals surface area contributed by atoms with Gasteiger partial charge in [0.05, 0.1) is 0 Å². The van der Waals surface area contributed by atoms with E-state index in [0.717, 1.165) is 32.1 Å². The number of carbonyl (C=O) groups excluding carboxylic acids is 3. The SMILES string of the molecule is CC(=O)O[C@H]1CC[C@@H]2[C@@H]3CC[C@H]4C[C@](OC(C)=O)(C(C)=O)CC[C@]4(C)[C@H]3CC[C@]12C. The first-order valence-electron chi connectivity index (χ1n) is 11.9. The molecule has 0 bridgehead atoms. The number of esters is 2. The molecule has 168 valence electrons. The highest BCUT2D eigenvalue weighted by Gasteiger charge is 2.63. The van der Waals surface area contributed by atoms with E-state index in [1.165, 1.54) is 26.7 Å². The van der Waals surface area contributed by atoms with Crippen LogP contribution in [0.15, 0.2) is 0 Å². The monoisotopic (exact) mass is 418 g/mol. The molecule has 0 amide bonds. The Morgan fingerprint density at radius 2 is 1.47 bits per heavy atom. The van der Waals surface area contributed by atoms with Crippen molar-refractivity contribution in [3.05, 3.63) is 0 Å². The maximum atomic E-state index is 12.5. The summed E-state index contributed by atoms with van der Waals surface area (Å²) in [5.41, 5.74) is -0.617. The second kappa shape index (κ2) is 7.34. The van der Waals surface area contributed by atoms with Crippen LogP contribution in [0.2, 0.25) is 0 Å². The van der Waals surface area contributed by atoms with Gasteiger partial charge in [-0.1, -0.05) is 13.8 Å². The van der Waals surface area contributed by atoms with Gasteiger partial charge in [0.1, 0.15) is 6.10 Å². The maximum absolute atomic E-state index is 12.5. The highest BCUT2D eigenvalue weighted by atomic mass is 16.6. The third kappa shape index (κ3) is 3.22. The first-order chi connectivity index (χ1) is 14.0. The van der Waals surface area contributed by atoms with Crippen LogP contribution in [0.4, 0.5) is 0 Å². The molecule has 0 unspecified atom stereocenters. The zero-order valence-electron chi connectivity index (χ0n) is 19.3. The van der Waals surface area contributed by atoms with Crippen LogP contribution in [0.5, 0.6) is 0 Å². The highest BCUT2D eigenvalue weighted by molar-refractivity contribution is 5.87. The van der Waals surface area contributed by atoms with Crippen molar-refractivity contribution in [2.75, 3.05) is 0 Å². The molecule has 0 heterocycles. The van der Waals surface area contributed by atoms with E-state index < -0.39 is 5.60 Å². The average Bonchev–Trinajstić information content (AvgIpc) is 2.97. The smallest absolute Gasteiger partial charge is 0.303 e. The van der Waals surface area contributed by atoms with Gasteiger partial charge in [-0.3, -0.25) is 14.4 Å². The van der Waals surface area contributed by atoms with Gasteiger partial charge in [-0.05, 0) is 93.8 Å². The lowest BCUT2D eigenvalue weighted by molar-refractivity contribution is -0.188. The van der Waals surface area contributed by atoms with Crippen LogP contribution in [0, 0.1) is 34.5 Å². The highest BCUT2D eigenvalue weighted by Crippen LogP contribution is 2.67. The second-order valence-electron chi connectivity index (χ2n) is 11.2. The molecule has 4 aliphatic rings. The van der Waals surface area contributed by atoms with E-state index in [2.05, 4.69) is 13.8 Å². The zero-order valence-corrected chi connectivity index (χ0v) is 19.3. The first-order valence-corrected chi connectivity index (χ1v) is 11.9. The predicted octanol–water partition coefficient (Wildman–Crippen LogP) is 4.85. The number of fused-ring (bicyclic) bond motifs is 5.